The molecule has 0 bridgehead atoms. The van der Waals surface area contributed by atoms with Gasteiger partial charge in [-0.25, -0.2) is 9.37 Å². The molecule has 1 atom stereocenters. The lowest BCUT2D eigenvalue weighted by Crippen LogP contribution is -2.28. The van der Waals surface area contributed by atoms with Crippen LogP contribution in [-0.4, -0.2) is 34.5 Å². The van der Waals surface area contributed by atoms with Gasteiger partial charge in [0, 0.05) is 12.8 Å². The third kappa shape index (κ3) is 1.67. The standard InChI is InChI=1S/C8H11NO2/c1-2-5-9-6-3-4-7(9)8(10)11/h2,5,7H,1,3-4,6H2/p+1. The minimum atomic E-state index is -0.736. The normalized spacial score (nSPS) is 27.3. The monoisotopic (exact) mass is 154 g/mol. The first-order valence-electron chi connectivity index (χ1n) is 3.70. The number of carbonyl (C=O) groups is 1. The van der Waals surface area contributed by atoms with Gasteiger partial charge in [0.1, 0.15) is 6.54 Å². The number of nitrogens with zero attached hydrogens (tertiary/aromatic N) is 1. The van der Waals surface area contributed by atoms with E-state index in [1.807, 2.05) is 4.58 Å². The molecular weight excluding hydrogens is 142 g/mol. The van der Waals surface area contributed by atoms with Crippen LogP contribution < -0.4 is 0 Å². The summed E-state index contributed by atoms with van der Waals surface area (Å²) in [6.45, 7) is 4.36. The van der Waals surface area contributed by atoms with Crippen molar-refractivity contribution in [1.82, 2.24) is 0 Å². The van der Waals surface area contributed by atoms with Crippen molar-refractivity contribution >= 4 is 12.2 Å². The van der Waals surface area contributed by atoms with Crippen molar-refractivity contribution in [2.45, 2.75) is 18.9 Å². The van der Waals surface area contributed by atoms with Gasteiger partial charge in [0.05, 0.1) is 0 Å². The van der Waals surface area contributed by atoms with Gasteiger partial charge in [-0.1, -0.05) is 6.58 Å². The maximum atomic E-state index is 10.6. The summed E-state index contributed by atoms with van der Waals surface area (Å²) >= 11 is 0. The van der Waals surface area contributed by atoms with Crippen LogP contribution in [0.25, 0.3) is 0 Å². The molecule has 0 amide bonds. The summed E-state index contributed by atoms with van der Waals surface area (Å²) < 4.78 is 1.81. The number of carboxylic acid groups (broad SMARTS) is 1. The number of hydrogen-bond donors (Lipinski definition) is 1. The number of hydrogen-bond acceptors (Lipinski definition) is 1. The topological polar surface area (TPSA) is 40.3 Å². The van der Waals surface area contributed by atoms with Gasteiger partial charge >= 0.3 is 5.97 Å². The van der Waals surface area contributed by atoms with Crippen LogP contribution in [-0.2, 0) is 4.79 Å². The van der Waals surface area contributed by atoms with Crippen LogP contribution in [0.5, 0.6) is 0 Å². The highest BCUT2D eigenvalue weighted by Crippen LogP contribution is 2.11. The Kier molecular flexibility index (Phi) is 2.41. The molecule has 0 aromatic carbocycles. The molecule has 0 saturated carbocycles. The van der Waals surface area contributed by atoms with E-state index in [0.29, 0.717) is 0 Å². The Morgan fingerprint density at radius 3 is 3.00 bits per heavy atom. The van der Waals surface area contributed by atoms with Crippen molar-refractivity contribution in [3.05, 3.63) is 12.7 Å². The van der Waals surface area contributed by atoms with Crippen LogP contribution in [0.4, 0.5) is 0 Å². The smallest absolute Gasteiger partial charge is 0.372 e. The van der Waals surface area contributed by atoms with E-state index in [1.165, 1.54) is 0 Å². The molecule has 0 radical (unpaired) electrons. The summed E-state index contributed by atoms with van der Waals surface area (Å²) in [5.41, 5.74) is 0. The zero-order chi connectivity index (χ0) is 8.27. The molecule has 60 valence electrons. The predicted octanol–water partition coefficient (Wildman–Crippen LogP) is 0.503. The maximum absolute atomic E-state index is 10.6. The zero-order valence-corrected chi connectivity index (χ0v) is 6.36. The molecule has 0 aromatic heterocycles. The van der Waals surface area contributed by atoms with Gasteiger partial charge in [-0.15, -0.1) is 0 Å². The van der Waals surface area contributed by atoms with Gasteiger partial charge in [-0.2, -0.15) is 0 Å². The van der Waals surface area contributed by atoms with Gasteiger partial charge < -0.3 is 5.11 Å². The molecule has 3 heteroatoms. The second-order valence-electron chi connectivity index (χ2n) is 2.62. The van der Waals surface area contributed by atoms with Crippen molar-refractivity contribution in [2.24, 2.45) is 0 Å². The van der Waals surface area contributed by atoms with Crippen LogP contribution in [0, 0.1) is 0 Å². The number of allylic oxidation sites excluding steroid dienone is 1. The molecule has 1 unspecified atom stereocenters. The van der Waals surface area contributed by atoms with Crippen LogP contribution >= 0.6 is 0 Å². The quantitative estimate of drug-likeness (QED) is 0.588. The SMILES string of the molecule is C=CC=[N+]1CCCC1C(=O)O. The Bertz CT molecular complexity index is 208. The molecule has 11 heavy (non-hydrogen) atoms. The Balaban J connectivity index is 2.72. The fraction of sp³-hybridized carbons (Fsp3) is 0.500. The first kappa shape index (κ1) is 7.98. The lowest BCUT2D eigenvalue weighted by atomic mass is 10.2. The summed E-state index contributed by atoms with van der Waals surface area (Å²) in [6, 6.07) is -0.326. The van der Waals surface area contributed by atoms with Gasteiger partial charge in [-0.05, 0) is 6.08 Å². The molecule has 0 aromatic rings. The van der Waals surface area contributed by atoms with Crippen molar-refractivity contribution in [2.75, 3.05) is 6.54 Å². The van der Waals surface area contributed by atoms with Gasteiger partial charge in [0.2, 0.25) is 6.04 Å². The van der Waals surface area contributed by atoms with E-state index in [9.17, 15) is 4.79 Å². The first-order chi connectivity index (χ1) is 5.25. The first-order valence-corrected chi connectivity index (χ1v) is 3.70. The Labute approximate surface area is 65.7 Å². The molecule has 1 fully saturated rings. The largest absolute Gasteiger partial charge is 0.476 e. The van der Waals surface area contributed by atoms with Gasteiger partial charge in [-0.3, -0.25) is 0 Å². The average Bonchev–Trinajstić information content (AvgIpc) is 2.36. The minimum Gasteiger partial charge on any atom is -0.476 e. The van der Waals surface area contributed by atoms with Crippen LogP contribution in [0.15, 0.2) is 12.7 Å². The lowest BCUT2D eigenvalue weighted by molar-refractivity contribution is -0.527. The second-order valence-corrected chi connectivity index (χ2v) is 2.62. The zero-order valence-electron chi connectivity index (χ0n) is 6.36. The summed E-state index contributed by atoms with van der Waals surface area (Å²) in [4.78, 5) is 10.6. The Hall–Kier alpha value is -1.12. The number of carboxylic acids is 1. The van der Waals surface area contributed by atoms with E-state index in [0.717, 1.165) is 19.4 Å². The fourth-order valence-corrected chi connectivity index (χ4v) is 1.37. The molecule has 1 aliphatic heterocycles. The minimum absolute atomic E-state index is 0.326. The average molecular weight is 154 g/mol. The number of rotatable bonds is 2. The molecule has 0 spiro atoms. The van der Waals surface area contributed by atoms with Crippen LogP contribution in [0.2, 0.25) is 0 Å². The highest BCUT2D eigenvalue weighted by atomic mass is 16.4. The molecule has 3 nitrogen and oxygen atoms in total. The van der Waals surface area contributed by atoms with Crippen molar-refractivity contribution in [3.63, 3.8) is 0 Å². The molecule has 1 aliphatic rings. The highest BCUT2D eigenvalue weighted by molar-refractivity contribution is 5.74. The van der Waals surface area contributed by atoms with E-state index in [-0.39, 0.29) is 6.04 Å². The molecule has 0 aliphatic carbocycles. The predicted molar refractivity (Wildman–Crippen MR) is 42.0 cm³/mol. The van der Waals surface area contributed by atoms with Crippen LogP contribution in [0.3, 0.4) is 0 Å². The third-order valence-corrected chi connectivity index (χ3v) is 1.88. The van der Waals surface area contributed by atoms with Crippen molar-refractivity contribution in [1.29, 1.82) is 0 Å². The van der Waals surface area contributed by atoms with Gasteiger partial charge in [0.15, 0.2) is 6.21 Å². The number of aliphatic carboxylic acids is 1. The summed E-state index contributed by atoms with van der Waals surface area (Å²) in [7, 11) is 0. The fourth-order valence-electron chi connectivity index (χ4n) is 1.37. The molecule has 1 heterocycles. The van der Waals surface area contributed by atoms with Crippen LogP contribution in [0.1, 0.15) is 12.8 Å². The van der Waals surface area contributed by atoms with Crippen molar-refractivity contribution < 1.29 is 14.5 Å². The van der Waals surface area contributed by atoms with E-state index < -0.39 is 5.97 Å². The second kappa shape index (κ2) is 3.32. The Morgan fingerprint density at radius 2 is 2.45 bits per heavy atom. The summed E-state index contributed by atoms with van der Waals surface area (Å²) in [6.07, 6.45) is 5.08. The van der Waals surface area contributed by atoms with E-state index >= 15 is 0 Å². The van der Waals surface area contributed by atoms with Gasteiger partial charge in [0.25, 0.3) is 0 Å². The molecular formula is C8H12NO2+. The highest BCUT2D eigenvalue weighted by Gasteiger charge is 2.33. The lowest BCUT2D eigenvalue weighted by Gasteiger charge is -1.98. The molecule has 1 saturated heterocycles. The van der Waals surface area contributed by atoms with E-state index in [4.69, 9.17) is 5.11 Å². The molecule has 1 N–H and O–H groups in total. The molecule has 1 rings (SSSR count). The summed E-state index contributed by atoms with van der Waals surface area (Å²) in [5, 5.41) is 8.71. The maximum Gasteiger partial charge on any atom is 0.372 e. The van der Waals surface area contributed by atoms with E-state index in [1.54, 1.807) is 12.3 Å². The van der Waals surface area contributed by atoms with Crippen molar-refractivity contribution in [3.8, 4) is 0 Å². The Morgan fingerprint density at radius 1 is 1.73 bits per heavy atom. The third-order valence-electron chi connectivity index (χ3n) is 1.88. The van der Waals surface area contributed by atoms with E-state index in [2.05, 4.69) is 6.58 Å². The summed E-state index contributed by atoms with van der Waals surface area (Å²) in [5.74, 6) is -0.736.